The molecule has 2 heterocycles. The lowest BCUT2D eigenvalue weighted by Gasteiger charge is -2.34. The number of nitrogens with one attached hydrogen (secondary N) is 1. The molecule has 8 nitrogen and oxygen atoms in total. The summed E-state index contributed by atoms with van der Waals surface area (Å²) in [4.78, 5) is 28.7. The van der Waals surface area contributed by atoms with Crippen molar-refractivity contribution in [3.8, 4) is 11.5 Å². The zero-order chi connectivity index (χ0) is 21.3. The Morgan fingerprint density at radius 2 is 1.93 bits per heavy atom. The number of piperazine rings is 1. The molecule has 1 saturated heterocycles. The van der Waals surface area contributed by atoms with Gasteiger partial charge in [-0.25, -0.2) is 0 Å². The molecule has 2 aliphatic heterocycles. The van der Waals surface area contributed by atoms with Crippen LogP contribution in [0.4, 0.5) is 0 Å². The van der Waals surface area contributed by atoms with Gasteiger partial charge in [-0.2, -0.15) is 0 Å². The molecule has 0 bridgehead atoms. The topological polar surface area (TPSA) is 80.3 Å². The molecule has 0 saturated carbocycles. The number of carbonyl (C=O) groups is 2. The lowest BCUT2D eigenvalue weighted by atomic mass is 10.1. The second-order valence-corrected chi connectivity index (χ2v) is 7.89. The smallest absolute Gasteiger partial charge is 0.234 e. The first-order chi connectivity index (χ1) is 14.6. The Morgan fingerprint density at radius 1 is 1.17 bits per heavy atom. The third kappa shape index (κ3) is 6.48. The average molecular weight is 440 g/mol. The second-order valence-electron chi connectivity index (χ2n) is 7.49. The van der Waals surface area contributed by atoms with Crippen molar-refractivity contribution >= 4 is 23.4 Å². The third-order valence-corrected chi connectivity index (χ3v) is 5.44. The van der Waals surface area contributed by atoms with E-state index in [1.54, 1.807) is 13.2 Å². The van der Waals surface area contributed by atoms with E-state index in [-0.39, 0.29) is 18.2 Å². The summed E-state index contributed by atoms with van der Waals surface area (Å²) in [5.41, 5.74) is 0.812. The maximum Gasteiger partial charge on any atom is 0.234 e. The van der Waals surface area contributed by atoms with Gasteiger partial charge < -0.3 is 24.4 Å². The zero-order valence-corrected chi connectivity index (χ0v) is 18.2. The molecule has 166 valence electrons. The molecule has 0 aromatic heterocycles. The standard InChI is InChI=1S/C21H30ClN3O5/c1-28-9-2-4-23-19(26)15-24-5-7-25(8-6-24)20(27)14-16-12-17(22)21-18(13-16)29-10-3-11-30-21/h12-13H,2-11,14-15H2,1H3,(H,23,26). The van der Waals surface area contributed by atoms with Gasteiger partial charge in [-0.3, -0.25) is 14.5 Å². The highest BCUT2D eigenvalue weighted by atomic mass is 35.5. The highest BCUT2D eigenvalue weighted by molar-refractivity contribution is 6.32. The Labute approximate surface area is 182 Å². The van der Waals surface area contributed by atoms with Crippen LogP contribution in [0, 0.1) is 0 Å². The summed E-state index contributed by atoms with van der Waals surface area (Å²) in [7, 11) is 1.65. The number of amides is 2. The van der Waals surface area contributed by atoms with E-state index in [4.69, 9.17) is 25.8 Å². The van der Waals surface area contributed by atoms with Gasteiger partial charge in [0.1, 0.15) is 0 Å². The molecule has 1 aromatic rings. The van der Waals surface area contributed by atoms with E-state index < -0.39 is 0 Å². The first kappa shape index (κ1) is 22.7. The van der Waals surface area contributed by atoms with Crippen molar-refractivity contribution in [2.24, 2.45) is 0 Å². The fraction of sp³-hybridized carbons (Fsp3) is 0.619. The molecular weight excluding hydrogens is 410 g/mol. The molecule has 0 unspecified atom stereocenters. The predicted molar refractivity (Wildman–Crippen MR) is 113 cm³/mol. The number of rotatable bonds is 8. The molecule has 30 heavy (non-hydrogen) atoms. The number of halogens is 1. The Morgan fingerprint density at radius 3 is 2.70 bits per heavy atom. The van der Waals surface area contributed by atoms with Crippen LogP contribution in [0.25, 0.3) is 0 Å². The molecule has 2 amide bonds. The van der Waals surface area contributed by atoms with Gasteiger partial charge in [0, 0.05) is 52.9 Å². The van der Waals surface area contributed by atoms with E-state index in [9.17, 15) is 9.59 Å². The lowest BCUT2D eigenvalue weighted by molar-refractivity contribution is -0.132. The van der Waals surface area contributed by atoms with Crippen LogP contribution in [0.3, 0.4) is 0 Å². The van der Waals surface area contributed by atoms with Crippen LogP contribution in [0.1, 0.15) is 18.4 Å². The van der Waals surface area contributed by atoms with E-state index in [1.807, 2.05) is 11.0 Å². The first-order valence-corrected chi connectivity index (χ1v) is 10.8. The van der Waals surface area contributed by atoms with Crippen molar-refractivity contribution in [3.05, 3.63) is 22.7 Å². The molecule has 9 heteroatoms. The van der Waals surface area contributed by atoms with Crippen LogP contribution in [0.2, 0.25) is 5.02 Å². The number of carbonyl (C=O) groups excluding carboxylic acids is 2. The van der Waals surface area contributed by atoms with Crippen LogP contribution < -0.4 is 14.8 Å². The highest BCUT2D eigenvalue weighted by Crippen LogP contribution is 2.38. The van der Waals surface area contributed by atoms with Crippen LogP contribution >= 0.6 is 11.6 Å². The Kier molecular flexibility index (Phi) is 8.60. The van der Waals surface area contributed by atoms with Crippen molar-refractivity contribution in [3.63, 3.8) is 0 Å². The normalized spacial score (nSPS) is 16.8. The van der Waals surface area contributed by atoms with E-state index in [2.05, 4.69) is 10.2 Å². The van der Waals surface area contributed by atoms with E-state index in [1.165, 1.54) is 0 Å². The number of fused-ring (bicyclic) bond motifs is 1. The minimum absolute atomic E-state index is 0.00715. The minimum atomic E-state index is 0.00715. The van der Waals surface area contributed by atoms with E-state index >= 15 is 0 Å². The number of hydrogen-bond donors (Lipinski definition) is 1. The Bertz CT molecular complexity index is 738. The van der Waals surface area contributed by atoms with Crippen molar-refractivity contribution < 1.29 is 23.8 Å². The first-order valence-electron chi connectivity index (χ1n) is 10.4. The number of ether oxygens (including phenoxy) is 3. The summed E-state index contributed by atoms with van der Waals surface area (Å²) in [6.07, 6.45) is 1.86. The van der Waals surface area contributed by atoms with Gasteiger partial charge in [0.2, 0.25) is 11.8 Å². The number of hydrogen-bond acceptors (Lipinski definition) is 6. The molecule has 3 rings (SSSR count). The summed E-state index contributed by atoms with van der Waals surface area (Å²) >= 11 is 6.33. The van der Waals surface area contributed by atoms with E-state index in [0.717, 1.165) is 18.4 Å². The summed E-state index contributed by atoms with van der Waals surface area (Å²) < 4.78 is 16.3. The third-order valence-electron chi connectivity index (χ3n) is 5.16. The fourth-order valence-corrected chi connectivity index (χ4v) is 3.82. The summed E-state index contributed by atoms with van der Waals surface area (Å²) in [5.74, 6) is 1.21. The Hall–Kier alpha value is -2.03. The van der Waals surface area contributed by atoms with E-state index in [0.29, 0.717) is 75.6 Å². The summed E-state index contributed by atoms with van der Waals surface area (Å²) in [6, 6.07) is 3.62. The van der Waals surface area contributed by atoms with Gasteiger partial charge >= 0.3 is 0 Å². The van der Waals surface area contributed by atoms with Gasteiger partial charge in [-0.05, 0) is 24.1 Å². The quantitative estimate of drug-likeness (QED) is 0.616. The number of methoxy groups -OCH3 is 1. The number of benzene rings is 1. The maximum atomic E-state index is 12.7. The van der Waals surface area contributed by atoms with Gasteiger partial charge in [-0.1, -0.05) is 11.6 Å². The SMILES string of the molecule is COCCCNC(=O)CN1CCN(C(=O)Cc2cc(Cl)c3c(c2)OCCCO3)CC1. The second kappa shape index (κ2) is 11.4. The fourth-order valence-electron chi connectivity index (χ4n) is 3.53. The zero-order valence-electron chi connectivity index (χ0n) is 17.5. The molecular formula is C21H30ClN3O5. The Balaban J connectivity index is 1.45. The molecule has 2 aliphatic rings. The van der Waals surface area contributed by atoms with Gasteiger partial charge in [0.05, 0.1) is 31.2 Å². The predicted octanol–water partition coefficient (Wildman–Crippen LogP) is 1.34. The van der Waals surface area contributed by atoms with Crippen molar-refractivity contribution in [2.75, 3.05) is 66.2 Å². The molecule has 1 N–H and O–H groups in total. The molecule has 0 radical (unpaired) electrons. The van der Waals surface area contributed by atoms with Crippen LogP contribution in [-0.4, -0.2) is 87.8 Å². The van der Waals surface area contributed by atoms with Crippen molar-refractivity contribution in [1.29, 1.82) is 0 Å². The van der Waals surface area contributed by atoms with Crippen molar-refractivity contribution in [2.45, 2.75) is 19.3 Å². The van der Waals surface area contributed by atoms with Crippen LogP contribution in [-0.2, 0) is 20.7 Å². The van der Waals surface area contributed by atoms with Crippen LogP contribution in [0.15, 0.2) is 12.1 Å². The molecule has 1 fully saturated rings. The summed E-state index contributed by atoms with van der Waals surface area (Å²) in [5, 5.41) is 3.36. The monoisotopic (exact) mass is 439 g/mol. The molecule has 0 atom stereocenters. The molecule has 1 aromatic carbocycles. The van der Waals surface area contributed by atoms with Gasteiger partial charge in [0.15, 0.2) is 11.5 Å². The van der Waals surface area contributed by atoms with Crippen molar-refractivity contribution in [1.82, 2.24) is 15.1 Å². The largest absolute Gasteiger partial charge is 0.489 e. The lowest BCUT2D eigenvalue weighted by Crippen LogP contribution is -2.51. The van der Waals surface area contributed by atoms with Gasteiger partial charge in [0.25, 0.3) is 0 Å². The maximum absolute atomic E-state index is 12.7. The number of nitrogens with zero attached hydrogens (tertiary/aromatic N) is 2. The highest BCUT2D eigenvalue weighted by Gasteiger charge is 2.23. The minimum Gasteiger partial charge on any atom is -0.489 e. The molecule has 0 spiro atoms. The van der Waals surface area contributed by atoms with Gasteiger partial charge in [-0.15, -0.1) is 0 Å². The van der Waals surface area contributed by atoms with Crippen LogP contribution in [0.5, 0.6) is 11.5 Å². The average Bonchev–Trinajstić information content (AvgIpc) is 2.98. The summed E-state index contributed by atoms with van der Waals surface area (Å²) in [6.45, 7) is 5.31. The molecule has 0 aliphatic carbocycles.